The van der Waals surface area contributed by atoms with E-state index in [4.69, 9.17) is 10.3 Å². The van der Waals surface area contributed by atoms with Crippen LogP contribution in [-0.4, -0.2) is 39.1 Å². The number of likely N-dealkylation sites (tertiary alicyclic amines) is 1. The van der Waals surface area contributed by atoms with Crippen molar-refractivity contribution < 1.29 is 9.45 Å². The van der Waals surface area contributed by atoms with Gasteiger partial charge in [-0.25, -0.2) is 0 Å². The van der Waals surface area contributed by atoms with Gasteiger partial charge in [0, 0.05) is 42.7 Å². The SMILES string of the molecule is N[C@@H]1CN(Cc2nc(-c3cccc([N+](=O)[O-])c3)no2)C[C@H]1c1ccccc1. The highest BCUT2D eigenvalue weighted by atomic mass is 16.6. The Morgan fingerprint density at radius 3 is 2.78 bits per heavy atom. The molecule has 138 valence electrons. The molecule has 0 saturated carbocycles. The molecule has 0 aliphatic carbocycles. The molecule has 0 spiro atoms. The van der Waals surface area contributed by atoms with E-state index in [0.29, 0.717) is 23.8 Å². The van der Waals surface area contributed by atoms with Gasteiger partial charge in [0.2, 0.25) is 11.7 Å². The molecule has 0 unspecified atom stereocenters. The van der Waals surface area contributed by atoms with E-state index in [1.807, 2.05) is 18.2 Å². The molecule has 1 aliphatic heterocycles. The van der Waals surface area contributed by atoms with Crippen LogP contribution in [0.3, 0.4) is 0 Å². The fourth-order valence-corrected chi connectivity index (χ4v) is 3.48. The predicted octanol–water partition coefficient (Wildman–Crippen LogP) is 2.57. The van der Waals surface area contributed by atoms with Gasteiger partial charge in [-0.3, -0.25) is 15.0 Å². The first-order chi connectivity index (χ1) is 13.1. The summed E-state index contributed by atoms with van der Waals surface area (Å²) in [5.41, 5.74) is 8.11. The Morgan fingerprint density at radius 1 is 1.19 bits per heavy atom. The summed E-state index contributed by atoms with van der Waals surface area (Å²) in [7, 11) is 0. The monoisotopic (exact) mass is 365 g/mol. The summed E-state index contributed by atoms with van der Waals surface area (Å²) in [6.07, 6.45) is 0. The van der Waals surface area contributed by atoms with E-state index < -0.39 is 4.92 Å². The van der Waals surface area contributed by atoms with E-state index in [0.717, 1.165) is 13.1 Å². The number of benzene rings is 2. The molecule has 2 heterocycles. The maximum atomic E-state index is 10.9. The molecule has 3 aromatic rings. The van der Waals surface area contributed by atoms with Gasteiger partial charge in [0.25, 0.3) is 5.69 Å². The molecular weight excluding hydrogens is 346 g/mol. The van der Waals surface area contributed by atoms with Crippen LogP contribution in [0, 0.1) is 10.1 Å². The molecule has 8 nitrogen and oxygen atoms in total. The fourth-order valence-electron chi connectivity index (χ4n) is 3.48. The second-order valence-corrected chi connectivity index (χ2v) is 6.69. The second kappa shape index (κ2) is 7.26. The molecule has 4 rings (SSSR count). The fraction of sp³-hybridized carbons (Fsp3) is 0.263. The average molecular weight is 365 g/mol. The van der Waals surface area contributed by atoms with Crippen LogP contribution in [0.2, 0.25) is 0 Å². The van der Waals surface area contributed by atoms with Gasteiger partial charge >= 0.3 is 0 Å². The number of non-ortho nitro benzene ring substituents is 1. The summed E-state index contributed by atoms with van der Waals surface area (Å²) in [6, 6.07) is 16.5. The average Bonchev–Trinajstić information content (AvgIpc) is 3.29. The van der Waals surface area contributed by atoms with Crippen LogP contribution in [0.4, 0.5) is 5.69 Å². The topological polar surface area (TPSA) is 111 Å². The molecule has 8 heteroatoms. The lowest BCUT2D eigenvalue weighted by atomic mass is 9.95. The van der Waals surface area contributed by atoms with Crippen molar-refractivity contribution in [2.45, 2.75) is 18.5 Å². The van der Waals surface area contributed by atoms with Gasteiger partial charge in [-0.2, -0.15) is 4.98 Å². The zero-order valence-electron chi connectivity index (χ0n) is 14.6. The Hall–Kier alpha value is -3.10. The molecule has 1 fully saturated rings. The summed E-state index contributed by atoms with van der Waals surface area (Å²) in [5, 5.41) is 14.9. The second-order valence-electron chi connectivity index (χ2n) is 6.69. The number of nitro benzene ring substituents is 1. The number of nitro groups is 1. The largest absolute Gasteiger partial charge is 0.338 e. The molecule has 0 radical (unpaired) electrons. The predicted molar refractivity (Wildman–Crippen MR) is 98.8 cm³/mol. The molecule has 0 amide bonds. The number of rotatable bonds is 5. The van der Waals surface area contributed by atoms with Crippen molar-refractivity contribution in [3.05, 3.63) is 76.2 Å². The van der Waals surface area contributed by atoms with Crippen molar-refractivity contribution in [1.29, 1.82) is 0 Å². The van der Waals surface area contributed by atoms with Gasteiger partial charge in [0.1, 0.15) is 0 Å². The van der Waals surface area contributed by atoms with Crippen LogP contribution in [0.1, 0.15) is 17.4 Å². The zero-order chi connectivity index (χ0) is 18.8. The Labute approximate surface area is 155 Å². The maximum absolute atomic E-state index is 10.9. The van der Waals surface area contributed by atoms with Gasteiger partial charge in [-0.1, -0.05) is 47.6 Å². The Morgan fingerprint density at radius 2 is 2.00 bits per heavy atom. The summed E-state index contributed by atoms with van der Waals surface area (Å²) in [4.78, 5) is 17.0. The smallest absolute Gasteiger partial charge is 0.270 e. The van der Waals surface area contributed by atoms with Crippen molar-refractivity contribution in [1.82, 2.24) is 15.0 Å². The Balaban J connectivity index is 1.46. The first-order valence-corrected chi connectivity index (χ1v) is 8.70. The lowest BCUT2D eigenvalue weighted by Crippen LogP contribution is -2.28. The van der Waals surface area contributed by atoms with Crippen LogP contribution < -0.4 is 5.73 Å². The van der Waals surface area contributed by atoms with Crippen LogP contribution >= 0.6 is 0 Å². The van der Waals surface area contributed by atoms with E-state index in [1.165, 1.54) is 17.7 Å². The molecule has 2 N–H and O–H groups in total. The van der Waals surface area contributed by atoms with E-state index in [1.54, 1.807) is 12.1 Å². The van der Waals surface area contributed by atoms with Gasteiger partial charge < -0.3 is 10.3 Å². The van der Waals surface area contributed by atoms with E-state index >= 15 is 0 Å². The summed E-state index contributed by atoms with van der Waals surface area (Å²) >= 11 is 0. The minimum atomic E-state index is -0.445. The van der Waals surface area contributed by atoms with E-state index in [2.05, 4.69) is 27.2 Å². The number of nitrogens with zero attached hydrogens (tertiary/aromatic N) is 4. The minimum absolute atomic E-state index is 0.00457. The van der Waals surface area contributed by atoms with Crippen LogP contribution in [0.5, 0.6) is 0 Å². The number of aromatic nitrogens is 2. The molecule has 2 atom stereocenters. The van der Waals surface area contributed by atoms with E-state index in [9.17, 15) is 10.1 Å². The van der Waals surface area contributed by atoms with Gasteiger partial charge in [0.15, 0.2) is 0 Å². The van der Waals surface area contributed by atoms with Crippen molar-refractivity contribution in [2.24, 2.45) is 5.73 Å². The third-order valence-electron chi connectivity index (χ3n) is 4.81. The number of hydrogen-bond donors (Lipinski definition) is 1. The third-order valence-corrected chi connectivity index (χ3v) is 4.81. The van der Waals surface area contributed by atoms with Crippen LogP contribution in [0.25, 0.3) is 11.4 Å². The molecule has 1 saturated heterocycles. The Bertz CT molecular complexity index is 943. The van der Waals surface area contributed by atoms with Crippen molar-refractivity contribution >= 4 is 5.69 Å². The minimum Gasteiger partial charge on any atom is -0.338 e. The molecular formula is C19H19N5O3. The van der Waals surface area contributed by atoms with Crippen LogP contribution in [0.15, 0.2) is 59.1 Å². The van der Waals surface area contributed by atoms with Crippen molar-refractivity contribution in [2.75, 3.05) is 13.1 Å². The first kappa shape index (κ1) is 17.3. The highest BCUT2D eigenvalue weighted by Gasteiger charge is 2.32. The molecule has 2 aromatic carbocycles. The van der Waals surface area contributed by atoms with Crippen molar-refractivity contribution in [3.8, 4) is 11.4 Å². The Kier molecular flexibility index (Phi) is 4.66. The van der Waals surface area contributed by atoms with Crippen LogP contribution in [-0.2, 0) is 6.54 Å². The normalized spacial score (nSPS) is 20.0. The quantitative estimate of drug-likeness (QED) is 0.546. The summed E-state index contributed by atoms with van der Waals surface area (Å²) in [5.74, 6) is 1.08. The molecule has 1 aromatic heterocycles. The van der Waals surface area contributed by atoms with Gasteiger partial charge in [0.05, 0.1) is 11.5 Å². The van der Waals surface area contributed by atoms with E-state index in [-0.39, 0.29) is 17.6 Å². The lowest BCUT2D eigenvalue weighted by Gasteiger charge is -2.14. The zero-order valence-corrected chi connectivity index (χ0v) is 14.6. The maximum Gasteiger partial charge on any atom is 0.270 e. The molecule has 0 bridgehead atoms. The summed E-state index contributed by atoms with van der Waals surface area (Å²) < 4.78 is 5.34. The highest BCUT2D eigenvalue weighted by molar-refractivity contribution is 5.58. The molecule has 27 heavy (non-hydrogen) atoms. The lowest BCUT2D eigenvalue weighted by molar-refractivity contribution is -0.384. The third kappa shape index (κ3) is 3.71. The van der Waals surface area contributed by atoms with Gasteiger partial charge in [-0.15, -0.1) is 0 Å². The van der Waals surface area contributed by atoms with Gasteiger partial charge in [-0.05, 0) is 5.56 Å². The standard InChI is InChI=1S/C19H19N5O3/c20-17-11-23(10-16(17)13-5-2-1-3-6-13)12-18-21-19(22-27-18)14-7-4-8-15(9-14)24(25)26/h1-9,16-17H,10-12,20H2/t16-,17+/m0/s1. The number of hydrogen-bond acceptors (Lipinski definition) is 7. The van der Waals surface area contributed by atoms with Crippen molar-refractivity contribution in [3.63, 3.8) is 0 Å². The molecule has 1 aliphatic rings. The number of nitrogens with two attached hydrogens (primary N) is 1. The summed E-state index contributed by atoms with van der Waals surface area (Å²) in [6.45, 7) is 2.06. The highest BCUT2D eigenvalue weighted by Crippen LogP contribution is 2.28. The first-order valence-electron chi connectivity index (χ1n) is 8.70.